The van der Waals surface area contributed by atoms with Gasteiger partial charge in [0, 0.05) is 6.04 Å². The molecule has 0 aliphatic heterocycles. The van der Waals surface area contributed by atoms with Crippen molar-refractivity contribution in [1.82, 2.24) is 5.32 Å². The van der Waals surface area contributed by atoms with E-state index in [0.717, 1.165) is 5.56 Å². The van der Waals surface area contributed by atoms with Crippen molar-refractivity contribution in [1.29, 1.82) is 0 Å². The Labute approximate surface area is 144 Å². The summed E-state index contributed by atoms with van der Waals surface area (Å²) in [5.41, 5.74) is 0.253. The Morgan fingerprint density at radius 3 is 2.08 bits per heavy atom. The summed E-state index contributed by atoms with van der Waals surface area (Å²) in [5, 5.41) is 2.79. The van der Waals surface area contributed by atoms with E-state index in [1.807, 2.05) is 60.6 Å². The van der Waals surface area contributed by atoms with Crippen molar-refractivity contribution in [2.24, 2.45) is 0 Å². The molecule has 0 aliphatic rings. The van der Waals surface area contributed by atoms with Crippen LogP contribution in [0, 0.1) is 0 Å². The van der Waals surface area contributed by atoms with Gasteiger partial charge in [0.05, 0.1) is 5.56 Å². The van der Waals surface area contributed by atoms with Crippen LogP contribution in [0.3, 0.4) is 0 Å². The van der Waals surface area contributed by atoms with Gasteiger partial charge >= 0.3 is 12.1 Å². The summed E-state index contributed by atoms with van der Waals surface area (Å²) in [6, 6.07) is 7.09. The highest BCUT2D eigenvalue weighted by Crippen LogP contribution is 2.17. The Morgan fingerprint density at radius 2 is 1.54 bits per heavy atom. The first kappa shape index (κ1) is 20.0. The normalized spacial score (nSPS) is 13.1. The van der Waals surface area contributed by atoms with E-state index in [-0.39, 0.29) is 12.0 Å². The number of nitrogens with one attached hydrogen (secondary N) is 1. The van der Waals surface area contributed by atoms with Gasteiger partial charge in [0.2, 0.25) is 0 Å². The molecule has 0 aliphatic carbocycles. The predicted molar refractivity (Wildman–Crippen MR) is 94.1 cm³/mol. The molecule has 1 aromatic rings. The molecule has 1 atom stereocenters. The van der Waals surface area contributed by atoms with Gasteiger partial charge in [0.25, 0.3) is 0 Å². The number of hydrogen-bond acceptors (Lipinski definition) is 4. The third-order valence-corrected chi connectivity index (χ3v) is 2.93. The Morgan fingerprint density at radius 1 is 1.00 bits per heavy atom. The number of carbonyl (C=O) groups is 2. The van der Waals surface area contributed by atoms with Crippen LogP contribution in [0.5, 0.6) is 0 Å². The van der Waals surface area contributed by atoms with E-state index in [0.29, 0.717) is 12.0 Å². The number of benzene rings is 1. The van der Waals surface area contributed by atoms with Crippen LogP contribution in [-0.2, 0) is 15.9 Å². The maximum absolute atomic E-state index is 12.3. The summed E-state index contributed by atoms with van der Waals surface area (Å²) in [4.78, 5) is 24.2. The lowest BCUT2D eigenvalue weighted by atomic mass is 10.0. The van der Waals surface area contributed by atoms with Crippen LogP contribution in [0.15, 0.2) is 24.3 Å². The minimum absolute atomic E-state index is 0.177. The van der Waals surface area contributed by atoms with E-state index in [1.165, 1.54) is 0 Å². The first-order valence-electron chi connectivity index (χ1n) is 8.18. The van der Waals surface area contributed by atoms with Gasteiger partial charge in [-0.1, -0.05) is 18.2 Å². The van der Waals surface area contributed by atoms with E-state index in [2.05, 4.69) is 5.32 Å². The van der Waals surface area contributed by atoms with Crippen molar-refractivity contribution < 1.29 is 19.1 Å². The quantitative estimate of drug-likeness (QED) is 0.842. The molecule has 1 amide bonds. The van der Waals surface area contributed by atoms with Crippen molar-refractivity contribution in [3.8, 4) is 0 Å². The first-order valence-corrected chi connectivity index (χ1v) is 8.18. The fourth-order valence-corrected chi connectivity index (χ4v) is 2.12. The predicted octanol–water partition coefficient (Wildman–Crippen LogP) is 4.10. The average molecular weight is 335 g/mol. The number of carbonyl (C=O) groups excluding carboxylic acids is 2. The molecule has 134 valence electrons. The summed E-state index contributed by atoms with van der Waals surface area (Å²) >= 11 is 0. The molecule has 1 unspecified atom stereocenters. The second kappa shape index (κ2) is 7.69. The number of hydrogen-bond donors (Lipinski definition) is 1. The first-order chi connectivity index (χ1) is 10.9. The SMILES string of the molecule is CC(Cc1ccccc1C(=O)OC(C)(C)C)NC(=O)OC(C)(C)C. The van der Waals surface area contributed by atoms with Gasteiger partial charge in [-0.05, 0) is 66.5 Å². The maximum Gasteiger partial charge on any atom is 0.407 e. The molecular formula is C19H29NO4. The van der Waals surface area contributed by atoms with Crippen LogP contribution in [-0.4, -0.2) is 29.3 Å². The van der Waals surface area contributed by atoms with Gasteiger partial charge in [0.1, 0.15) is 11.2 Å². The number of esters is 1. The number of amides is 1. The lowest BCUT2D eigenvalue weighted by Gasteiger charge is -2.23. The Kier molecular flexibility index (Phi) is 6.41. The van der Waals surface area contributed by atoms with Crippen molar-refractivity contribution in [2.45, 2.75) is 72.1 Å². The van der Waals surface area contributed by atoms with Crippen molar-refractivity contribution in [3.05, 3.63) is 35.4 Å². The van der Waals surface area contributed by atoms with E-state index in [1.54, 1.807) is 12.1 Å². The summed E-state index contributed by atoms with van der Waals surface area (Å²) in [6.45, 7) is 12.8. The Bertz CT molecular complexity index is 582. The molecule has 1 N–H and O–H groups in total. The molecule has 0 bridgehead atoms. The molecule has 1 aromatic carbocycles. The van der Waals surface area contributed by atoms with Crippen LogP contribution in [0.4, 0.5) is 4.79 Å². The zero-order chi connectivity index (χ0) is 18.5. The molecule has 0 saturated heterocycles. The van der Waals surface area contributed by atoms with Gasteiger partial charge < -0.3 is 14.8 Å². The van der Waals surface area contributed by atoms with Gasteiger partial charge in [0.15, 0.2) is 0 Å². The Balaban J connectivity index is 2.78. The van der Waals surface area contributed by atoms with Gasteiger partial charge in [-0.3, -0.25) is 0 Å². The molecule has 0 heterocycles. The molecule has 5 heteroatoms. The van der Waals surface area contributed by atoms with E-state index in [4.69, 9.17) is 9.47 Å². The molecule has 5 nitrogen and oxygen atoms in total. The minimum atomic E-state index is -0.551. The molecule has 1 rings (SSSR count). The van der Waals surface area contributed by atoms with Gasteiger partial charge in [-0.15, -0.1) is 0 Å². The van der Waals surface area contributed by atoms with Crippen LogP contribution >= 0.6 is 0 Å². The molecule has 0 saturated carbocycles. The van der Waals surface area contributed by atoms with Crippen LogP contribution in [0.25, 0.3) is 0 Å². The molecule has 0 aromatic heterocycles. The highest BCUT2D eigenvalue weighted by atomic mass is 16.6. The van der Waals surface area contributed by atoms with E-state index >= 15 is 0 Å². The Hall–Kier alpha value is -2.04. The van der Waals surface area contributed by atoms with Gasteiger partial charge in [-0.25, -0.2) is 9.59 Å². The smallest absolute Gasteiger partial charge is 0.407 e. The van der Waals surface area contributed by atoms with E-state index < -0.39 is 17.3 Å². The number of alkyl carbamates (subject to hydrolysis) is 1. The summed E-state index contributed by atoms with van der Waals surface area (Å²) in [7, 11) is 0. The highest BCUT2D eigenvalue weighted by Gasteiger charge is 2.22. The third kappa shape index (κ3) is 7.49. The molecule has 0 fully saturated rings. The molecule has 24 heavy (non-hydrogen) atoms. The van der Waals surface area contributed by atoms with Gasteiger partial charge in [-0.2, -0.15) is 0 Å². The van der Waals surface area contributed by atoms with Crippen molar-refractivity contribution in [3.63, 3.8) is 0 Å². The summed E-state index contributed by atoms with van der Waals surface area (Å²) in [5.74, 6) is -0.359. The van der Waals surface area contributed by atoms with E-state index in [9.17, 15) is 9.59 Å². The average Bonchev–Trinajstić information content (AvgIpc) is 2.34. The summed E-state index contributed by atoms with van der Waals surface area (Å²) in [6.07, 6.45) is 0.0408. The topological polar surface area (TPSA) is 64.6 Å². The second-order valence-electron chi connectivity index (χ2n) is 7.91. The lowest BCUT2D eigenvalue weighted by molar-refractivity contribution is 0.00682. The fraction of sp³-hybridized carbons (Fsp3) is 0.579. The zero-order valence-corrected chi connectivity index (χ0v) is 15.7. The molecule has 0 radical (unpaired) electrons. The standard InChI is InChI=1S/C19H29NO4/c1-13(20-17(22)24-19(5,6)7)12-14-10-8-9-11-15(14)16(21)23-18(2,3)4/h8-11,13H,12H2,1-7H3,(H,20,22). The second-order valence-corrected chi connectivity index (χ2v) is 7.91. The van der Waals surface area contributed by atoms with Crippen molar-refractivity contribution in [2.75, 3.05) is 0 Å². The maximum atomic E-state index is 12.3. The number of rotatable bonds is 4. The van der Waals surface area contributed by atoms with Crippen molar-refractivity contribution >= 4 is 12.1 Å². The monoisotopic (exact) mass is 335 g/mol. The third-order valence-electron chi connectivity index (χ3n) is 2.93. The number of ether oxygens (including phenoxy) is 2. The lowest BCUT2D eigenvalue weighted by Crippen LogP contribution is -2.38. The largest absolute Gasteiger partial charge is 0.456 e. The molecular weight excluding hydrogens is 306 g/mol. The van der Waals surface area contributed by atoms with Crippen LogP contribution in [0.1, 0.15) is 64.4 Å². The highest BCUT2D eigenvalue weighted by molar-refractivity contribution is 5.91. The minimum Gasteiger partial charge on any atom is -0.456 e. The zero-order valence-electron chi connectivity index (χ0n) is 15.7. The van der Waals surface area contributed by atoms with Crippen LogP contribution in [0.2, 0.25) is 0 Å². The fourth-order valence-electron chi connectivity index (χ4n) is 2.12. The molecule has 0 spiro atoms. The summed E-state index contributed by atoms with van der Waals surface area (Å²) < 4.78 is 10.7. The van der Waals surface area contributed by atoms with Crippen LogP contribution < -0.4 is 5.32 Å².